The summed E-state index contributed by atoms with van der Waals surface area (Å²) < 4.78 is 5.02. The Morgan fingerprint density at radius 3 is 2.48 bits per heavy atom. The van der Waals surface area contributed by atoms with Crippen LogP contribution in [0.5, 0.6) is 5.75 Å². The molecular weight excluding hydrogens is 300 g/mol. The quantitative estimate of drug-likeness (QED) is 0.726. The highest BCUT2D eigenvalue weighted by Crippen LogP contribution is 2.23. The van der Waals surface area contributed by atoms with Crippen LogP contribution in [-0.2, 0) is 9.53 Å². The van der Waals surface area contributed by atoms with Gasteiger partial charge in [0.2, 0.25) is 0 Å². The molecule has 0 bridgehead atoms. The average Bonchev–Trinajstić information content (AvgIpc) is 2.37. The largest absolute Gasteiger partial charge is 0.507 e. The first-order valence-corrected chi connectivity index (χ1v) is 6.40. The predicted octanol–water partition coefficient (Wildman–Crippen LogP) is 1.42. The molecule has 3 amide bonds. The topological polar surface area (TPSA) is 119 Å². The van der Waals surface area contributed by atoms with Crippen LogP contribution in [0.3, 0.4) is 0 Å². The Morgan fingerprint density at radius 2 is 1.95 bits per heavy atom. The van der Waals surface area contributed by atoms with Crippen molar-refractivity contribution in [2.75, 3.05) is 0 Å². The molecule has 0 saturated carbocycles. The lowest BCUT2D eigenvalue weighted by molar-refractivity contribution is -0.130. The third-order valence-electron chi connectivity index (χ3n) is 2.52. The van der Waals surface area contributed by atoms with E-state index in [4.69, 9.17) is 22.1 Å². The zero-order valence-electron chi connectivity index (χ0n) is 11.4. The van der Waals surface area contributed by atoms with E-state index >= 15 is 0 Å². The van der Waals surface area contributed by atoms with Gasteiger partial charge in [-0.05, 0) is 24.1 Å². The molecule has 0 unspecified atom stereocenters. The van der Waals surface area contributed by atoms with Gasteiger partial charge in [0.25, 0.3) is 5.91 Å². The average molecular weight is 315 g/mol. The van der Waals surface area contributed by atoms with Gasteiger partial charge >= 0.3 is 12.0 Å². The molecule has 0 fully saturated rings. The number of ether oxygens (including phenoxy) is 1. The van der Waals surface area contributed by atoms with Gasteiger partial charge in [0.15, 0.2) is 6.10 Å². The lowest BCUT2D eigenvalue weighted by Gasteiger charge is -2.20. The number of amides is 3. The second-order valence-electron chi connectivity index (χ2n) is 4.58. The highest BCUT2D eigenvalue weighted by atomic mass is 35.5. The zero-order chi connectivity index (χ0) is 16.2. The number of aromatic hydroxyl groups is 1. The van der Waals surface area contributed by atoms with Gasteiger partial charge in [0.1, 0.15) is 11.3 Å². The number of phenols is 1. The molecule has 0 aliphatic rings. The highest BCUT2D eigenvalue weighted by Gasteiger charge is 2.28. The second-order valence-corrected chi connectivity index (χ2v) is 5.02. The fraction of sp³-hybridized carbons (Fsp3) is 0.308. The number of hydrogen-bond donors (Lipinski definition) is 3. The molecule has 0 aromatic heterocycles. The number of carbonyl (C=O) groups excluding carboxylic acids is 3. The number of imide groups is 1. The Hall–Kier alpha value is -2.28. The number of carbonyl (C=O) groups is 3. The van der Waals surface area contributed by atoms with Gasteiger partial charge in [-0.3, -0.25) is 10.1 Å². The van der Waals surface area contributed by atoms with E-state index in [1.165, 1.54) is 18.2 Å². The van der Waals surface area contributed by atoms with Crippen LogP contribution in [0.1, 0.15) is 24.2 Å². The summed E-state index contributed by atoms with van der Waals surface area (Å²) in [5.41, 5.74) is 4.67. The Balaban J connectivity index is 2.93. The fourth-order valence-electron chi connectivity index (χ4n) is 1.54. The zero-order valence-corrected chi connectivity index (χ0v) is 12.2. The van der Waals surface area contributed by atoms with E-state index in [9.17, 15) is 19.5 Å². The number of nitrogens with two attached hydrogens (primary N) is 1. The third-order valence-corrected chi connectivity index (χ3v) is 2.76. The van der Waals surface area contributed by atoms with Gasteiger partial charge in [0, 0.05) is 5.02 Å². The molecule has 4 N–H and O–H groups in total. The first-order valence-electron chi connectivity index (χ1n) is 6.02. The maximum absolute atomic E-state index is 12.0. The summed E-state index contributed by atoms with van der Waals surface area (Å²) in [6, 6.07) is 2.79. The van der Waals surface area contributed by atoms with Crippen molar-refractivity contribution in [3.05, 3.63) is 28.8 Å². The molecule has 1 atom stereocenters. The van der Waals surface area contributed by atoms with Crippen LogP contribution in [0, 0.1) is 5.92 Å². The predicted molar refractivity (Wildman–Crippen MR) is 74.9 cm³/mol. The normalized spacial score (nSPS) is 11.8. The molecule has 0 aliphatic carbocycles. The summed E-state index contributed by atoms with van der Waals surface area (Å²) in [6.45, 7) is 3.24. The van der Waals surface area contributed by atoms with E-state index in [0.717, 1.165) is 0 Å². The van der Waals surface area contributed by atoms with E-state index in [1.54, 1.807) is 13.8 Å². The molecule has 1 aromatic carbocycles. The number of phenolic OH excluding ortho intramolecular Hbond substituents is 1. The molecule has 0 heterocycles. The molecule has 0 radical (unpaired) electrons. The Morgan fingerprint density at radius 1 is 1.33 bits per heavy atom. The van der Waals surface area contributed by atoms with Crippen molar-refractivity contribution in [3.63, 3.8) is 0 Å². The lowest BCUT2D eigenvalue weighted by atomic mass is 10.1. The molecule has 7 nitrogen and oxygen atoms in total. The summed E-state index contributed by atoms with van der Waals surface area (Å²) in [6.07, 6.45) is -1.23. The fourth-order valence-corrected chi connectivity index (χ4v) is 1.71. The lowest BCUT2D eigenvalue weighted by Crippen LogP contribution is -2.45. The summed E-state index contributed by atoms with van der Waals surface area (Å²) in [7, 11) is 0. The summed E-state index contributed by atoms with van der Waals surface area (Å²) in [5.74, 6) is -2.52. The van der Waals surface area contributed by atoms with Crippen molar-refractivity contribution in [2.45, 2.75) is 20.0 Å². The molecule has 0 saturated heterocycles. The van der Waals surface area contributed by atoms with Crippen LogP contribution < -0.4 is 11.1 Å². The van der Waals surface area contributed by atoms with Gasteiger partial charge in [-0.2, -0.15) is 0 Å². The Bertz CT molecular complexity index is 574. The molecule has 1 aromatic rings. The maximum atomic E-state index is 12.0. The van der Waals surface area contributed by atoms with E-state index in [0.29, 0.717) is 0 Å². The van der Waals surface area contributed by atoms with Gasteiger partial charge in [0.05, 0.1) is 0 Å². The van der Waals surface area contributed by atoms with Crippen LogP contribution in [0.25, 0.3) is 0 Å². The highest BCUT2D eigenvalue weighted by molar-refractivity contribution is 6.31. The number of primary amides is 1. The van der Waals surface area contributed by atoms with Crippen LogP contribution in [-0.4, -0.2) is 29.1 Å². The van der Waals surface area contributed by atoms with Crippen molar-refractivity contribution < 1.29 is 24.2 Å². The monoisotopic (exact) mass is 314 g/mol. The van der Waals surface area contributed by atoms with Crippen LogP contribution >= 0.6 is 11.6 Å². The van der Waals surface area contributed by atoms with E-state index in [1.807, 2.05) is 5.32 Å². The minimum absolute atomic E-state index is 0.181. The first-order chi connectivity index (χ1) is 9.72. The first kappa shape index (κ1) is 16.8. The summed E-state index contributed by atoms with van der Waals surface area (Å²) in [5, 5.41) is 11.7. The number of urea groups is 1. The maximum Gasteiger partial charge on any atom is 0.342 e. The minimum Gasteiger partial charge on any atom is -0.507 e. The molecule has 0 aliphatic heterocycles. The molecule has 21 heavy (non-hydrogen) atoms. The second kappa shape index (κ2) is 6.94. The standard InChI is InChI=1S/C13H15ClN2O5/c1-6(2)10(11(18)16-13(15)20)21-12(19)8-5-7(14)3-4-9(8)17/h3-6,10,17H,1-2H3,(H3,15,16,18,20)/t10-/m1/s1. The van der Waals surface area contributed by atoms with Gasteiger partial charge in [-0.1, -0.05) is 25.4 Å². The van der Waals surface area contributed by atoms with Crippen LogP contribution in [0.2, 0.25) is 5.02 Å². The van der Waals surface area contributed by atoms with Crippen molar-refractivity contribution >= 4 is 29.5 Å². The van der Waals surface area contributed by atoms with Crippen LogP contribution in [0.4, 0.5) is 4.79 Å². The Labute approximate surface area is 126 Å². The number of rotatable bonds is 4. The van der Waals surface area contributed by atoms with E-state index in [-0.39, 0.29) is 16.3 Å². The summed E-state index contributed by atoms with van der Waals surface area (Å²) >= 11 is 5.73. The summed E-state index contributed by atoms with van der Waals surface area (Å²) in [4.78, 5) is 34.4. The number of esters is 1. The van der Waals surface area contributed by atoms with Gasteiger partial charge in [-0.25, -0.2) is 9.59 Å². The molecule has 8 heteroatoms. The van der Waals surface area contributed by atoms with Crippen LogP contribution in [0.15, 0.2) is 18.2 Å². The van der Waals surface area contributed by atoms with E-state index < -0.39 is 29.9 Å². The minimum atomic E-state index is -1.23. The number of halogens is 1. The van der Waals surface area contributed by atoms with Gasteiger partial charge in [-0.15, -0.1) is 0 Å². The molecule has 0 spiro atoms. The molecule has 114 valence electrons. The van der Waals surface area contributed by atoms with Crippen molar-refractivity contribution in [1.82, 2.24) is 5.32 Å². The number of hydrogen-bond acceptors (Lipinski definition) is 5. The van der Waals surface area contributed by atoms with Gasteiger partial charge < -0.3 is 15.6 Å². The number of nitrogens with one attached hydrogen (secondary N) is 1. The SMILES string of the molecule is CC(C)[C@@H](OC(=O)c1cc(Cl)ccc1O)C(=O)NC(N)=O. The van der Waals surface area contributed by atoms with Crippen molar-refractivity contribution in [3.8, 4) is 5.75 Å². The van der Waals surface area contributed by atoms with Crippen molar-refractivity contribution in [2.24, 2.45) is 11.7 Å². The van der Waals surface area contributed by atoms with Crippen molar-refractivity contribution in [1.29, 1.82) is 0 Å². The Kier molecular flexibility index (Phi) is 5.54. The smallest absolute Gasteiger partial charge is 0.342 e. The number of benzene rings is 1. The van der Waals surface area contributed by atoms with E-state index in [2.05, 4.69) is 0 Å². The third kappa shape index (κ3) is 4.64. The molecular formula is C13H15ClN2O5. The molecule has 1 rings (SSSR count).